The van der Waals surface area contributed by atoms with Crippen LogP contribution >= 0.6 is 0 Å². The summed E-state index contributed by atoms with van der Waals surface area (Å²) in [7, 11) is 0. The van der Waals surface area contributed by atoms with Gasteiger partial charge < -0.3 is 0 Å². The van der Waals surface area contributed by atoms with Gasteiger partial charge in [0.05, 0.1) is 11.8 Å². The monoisotopic (exact) mass is 276 g/mol. The topological polar surface area (TPSA) is 78.5 Å². The van der Waals surface area contributed by atoms with E-state index in [-0.39, 0.29) is 17.6 Å². The van der Waals surface area contributed by atoms with Crippen molar-refractivity contribution in [2.45, 2.75) is 52.6 Å². The van der Waals surface area contributed by atoms with Crippen LogP contribution in [0.1, 0.15) is 51.2 Å². The number of ketones is 1. The minimum absolute atomic E-state index is 0.0791. The average Bonchev–Trinajstić information content (AvgIpc) is 3.12. The highest BCUT2D eigenvalue weighted by Gasteiger charge is 2.28. The molecule has 0 aliphatic rings. The first-order chi connectivity index (χ1) is 9.60. The fourth-order valence-electron chi connectivity index (χ4n) is 2.33. The van der Waals surface area contributed by atoms with Crippen LogP contribution in [0.25, 0.3) is 0 Å². The fraction of sp³-hybridized carbons (Fsp3) is 0.615. The second kappa shape index (κ2) is 5.94. The summed E-state index contributed by atoms with van der Waals surface area (Å²) in [4.78, 5) is 21.0. The first-order valence-electron chi connectivity index (χ1n) is 6.89. The van der Waals surface area contributed by atoms with Crippen molar-refractivity contribution in [1.82, 2.24) is 29.5 Å². The molecular weight excluding hydrogens is 256 g/mol. The molecule has 0 bridgehead atoms. The summed E-state index contributed by atoms with van der Waals surface area (Å²) < 4.78 is 3.50. The third kappa shape index (κ3) is 2.48. The van der Waals surface area contributed by atoms with Crippen LogP contribution in [0.15, 0.2) is 12.7 Å². The van der Waals surface area contributed by atoms with Crippen LogP contribution < -0.4 is 0 Å². The number of aryl methyl sites for hydroxylation is 2. The van der Waals surface area contributed by atoms with Crippen molar-refractivity contribution in [2.24, 2.45) is 0 Å². The third-order valence-electron chi connectivity index (χ3n) is 3.52. The number of aromatic nitrogens is 6. The lowest BCUT2D eigenvalue weighted by Crippen LogP contribution is -2.22. The molecule has 7 nitrogen and oxygen atoms in total. The molecule has 2 aromatic rings. The minimum atomic E-state index is -0.311. The van der Waals surface area contributed by atoms with Gasteiger partial charge in [0.1, 0.15) is 24.3 Å². The van der Waals surface area contributed by atoms with E-state index in [9.17, 15) is 4.79 Å². The number of Topliss-reactive ketones (excluding diaryl/α,β-unsaturated/α-hetero) is 1. The predicted molar refractivity (Wildman–Crippen MR) is 73.2 cm³/mol. The van der Waals surface area contributed by atoms with Crippen LogP contribution in [0.5, 0.6) is 0 Å². The van der Waals surface area contributed by atoms with Crippen molar-refractivity contribution in [3.8, 4) is 0 Å². The number of hydrogen-bond donors (Lipinski definition) is 0. The molecule has 0 spiro atoms. The van der Waals surface area contributed by atoms with Gasteiger partial charge in [0, 0.05) is 13.1 Å². The highest BCUT2D eigenvalue weighted by molar-refractivity contribution is 5.89. The van der Waals surface area contributed by atoms with Gasteiger partial charge in [-0.25, -0.2) is 19.3 Å². The van der Waals surface area contributed by atoms with Gasteiger partial charge in [-0.1, -0.05) is 0 Å². The summed E-state index contributed by atoms with van der Waals surface area (Å²) in [5.41, 5.74) is 0. The van der Waals surface area contributed by atoms with E-state index >= 15 is 0 Å². The maximum Gasteiger partial charge on any atom is 0.153 e. The van der Waals surface area contributed by atoms with E-state index in [1.807, 2.05) is 27.7 Å². The fourth-order valence-corrected chi connectivity index (χ4v) is 2.33. The Morgan fingerprint density at radius 2 is 1.40 bits per heavy atom. The van der Waals surface area contributed by atoms with Crippen LogP contribution in [-0.2, 0) is 17.9 Å². The maximum absolute atomic E-state index is 12.6. The maximum atomic E-state index is 12.6. The molecule has 2 aromatic heterocycles. The molecule has 0 fully saturated rings. The molecule has 0 radical (unpaired) electrons. The van der Waals surface area contributed by atoms with Crippen LogP contribution in [0.3, 0.4) is 0 Å². The summed E-state index contributed by atoms with van der Waals surface area (Å²) in [6.07, 6.45) is 2.98. The second-order valence-electron chi connectivity index (χ2n) is 4.71. The SMILES string of the molecule is CCn1ncnc1C(C)C(=O)C(C)c1ncnn1CC. The molecule has 2 rings (SSSR count). The molecule has 0 saturated carbocycles. The zero-order valence-electron chi connectivity index (χ0n) is 12.3. The number of hydrogen-bond acceptors (Lipinski definition) is 5. The Bertz CT molecular complexity index is 537. The van der Waals surface area contributed by atoms with Crippen molar-refractivity contribution in [3.05, 3.63) is 24.3 Å². The van der Waals surface area contributed by atoms with E-state index in [4.69, 9.17) is 0 Å². The van der Waals surface area contributed by atoms with Crippen LogP contribution in [-0.4, -0.2) is 35.3 Å². The molecule has 2 atom stereocenters. The van der Waals surface area contributed by atoms with Crippen molar-refractivity contribution in [1.29, 1.82) is 0 Å². The molecule has 7 heteroatoms. The molecule has 0 aliphatic heterocycles. The highest BCUT2D eigenvalue weighted by Crippen LogP contribution is 2.23. The van der Waals surface area contributed by atoms with Gasteiger partial charge in [0.15, 0.2) is 5.78 Å². The summed E-state index contributed by atoms with van der Waals surface area (Å²) in [5.74, 6) is 0.859. The van der Waals surface area contributed by atoms with Crippen molar-refractivity contribution in [2.75, 3.05) is 0 Å². The van der Waals surface area contributed by atoms with Gasteiger partial charge >= 0.3 is 0 Å². The van der Waals surface area contributed by atoms with E-state index in [1.54, 1.807) is 9.36 Å². The van der Waals surface area contributed by atoms with Gasteiger partial charge in [-0.3, -0.25) is 4.79 Å². The summed E-state index contributed by atoms with van der Waals surface area (Å²) in [6, 6.07) is 0. The molecule has 0 aliphatic carbocycles. The zero-order chi connectivity index (χ0) is 14.7. The Kier molecular flexibility index (Phi) is 4.26. The lowest BCUT2D eigenvalue weighted by molar-refractivity contribution is -0.121. The molecule has 0 amide bonds. The molecule has 0 saturated heterocycles. The van der Waals surface area contributed by atoms with Gasteiger partial charge in [0.25, 0.3) is 0 Å². The summed E-state index contributed by atoms with van der Waals surface area (Å²) >= 11 is 0. The van der Waals surface area contributed by atoms with E-state index in [0.717, 1.165) is 0 Å². The number of rotatable bonds is 6. The second-order valence-corrected chi connectivity index (χ2v) is 4.71. The normalized spacial score (nSPS) is 14.2. The Hall–Kier alpha value is -2.05. The predicted octanol–water partition coefficient (Wildman–Crippen LogP) is 1.39. The van der Waals surface area contributed by atoms with Crippen molar-refractivity contribution in [3.63, 3.8) is 0 Å². The quantitative estimate of drug-likeness (QED) is 0.796. The largest absolute Gasteiger partial charge is 0.298 e. The summed E-state index contributed by atoms with van der Waals surface area (Å²) in [6.45, 7) is 9.08. The molecule has 20 heavy (non-hydrogen) atoms. The average molecular weight is 276 g/mol. The van der Waals surface area contributed by atoms with E-state index < -0.39 is 0 Å². The van der Waals surface area contributed by atoms with Crippen LogP contribution in [0, 0.1) is 0 Å². The Morgan fingerprint density at radius 3 is 1.75 bits per heavy atom. The molecule has 0 aromatic carbocycles. The van der Waals surface area contributed by atoms with Crippen molar-refractivity contribution >= 4 is 5.78 Å². The van der Waals surface area contributed by atoms with Crippen molar-refractivity contribution < 1.29 is 4.79 Å². The standard InChI is InChI=1S/C13H20N6O/c1-5-18-12(14-7-16-18)9(3)11(20)10(4)13-15-8-17-19(13)6-2/h7-10H,5-6H2,1-4H3. The molecule has 108 valence electrons. The number of nitrogens with zero attached hydrogens (tertiary/aromatic N) is 6. The lowest BCUT2D eigenvalue weighted by Gasteiger charge is -2.16. The molecule has 0 N–H and O–H groups in total. The first kappa shape index (κ1) is 14.4. The Morgan fingerprint density at radius 1 is 1.00 bits per heavy atom. The van der Waals surface area contributed by atoms with Gasteiger partial charge in [-0.15, -0.1) is 0 Å². The molecule has 2 heterocycles. The number of carbonyl (C=O) groups is 1. The van der Waals surface area contributed by atoms with Gasteiger partial charge in [0.2, 0.25) is 0 Å². The van der Waals surface area contributed by atoms with Crippen LogP contribution in [0.4, 0.5) is 0 Å². The lowest BCUT2D eigenvalue weighted by atomic mass is 9.94. The minimum Gasteiger partial charge on any atom is -0.298 e. The highest BCUT2D eigenvalue weighted by atomic mass is 16.1. The van der Waals surface area contributed by atoms with Crippen LogP contribution in [0.2, 0.25) is 0 Å². The third-order valence-corrected chi connectivity index (χ3v) is 3.52. The molecular formula is C13H20N6O. The number of carbonyl (C=O) groups excluding carboxylic acids is 1. The first-order valence-corrected chi connectivity index (χ1v) is 6.89. The van der Waals surface area contributed by atoms with Gasteiger partial charge in [-0.2, -0.15) is 10.2 Å². The van der Waals surface area contributed by atoms with E-state index in [2.05, 4.69) is 20.2 Å². The smallest absolute Gasteiger partial charge is 0.153 e. The Balaban J connectivity index is 2.23. The Labute approximate surface area is 118 Å². The zero-order valence-corrected chi connectivity index (χ0v) is 12.3. The molecule has 2 unspecified atom stereocenters. The summed E-state index contributed by atoms with van der Waals surface area (Å²) in [5, 5.41) is 8.23. The van der Waals surface area contributed by atoms with E-state index in [1.165, 1.54) is 12.7 Å². The van der Waals surface area contributed by atoms with E-state index in [0.29, 0.717) is 24.7 Å². The van der Waals surface area contributed by atoms with Gasteiger partial charge in [-0.05, 0) is 27.7 Å².